The second-order valence-electron chi connectivity index (χ2n) is 11.0. The van der Waals surface area contributed by atoms with E-state index in [1.165, 1.54) is 0 Å². The van der Waals surface area contributed by atoms with E-state index in [9.17, 15) is 29.4 Å². The fourth-order valence-corrected chi connectivity index (χ4v) is 10.5. The maximum absolute atomic E-state index is 10.7. The number of benzene rings is 4. The van der Waals surface area contributed by atoms with Crippen LogP contribution < -0.4 is 132 Å². The Kier molecular flexibility index (Phi) is 22.2. The third-order valence-corrected chi connectivity index (χ3v) is 14.9. The van der Waals surface area contributed by atoms with E-state index in [1.807, 2.05) is 0 Å². The van der Waals surface area contributed by atoms with Crippen LogP contribution in [0.1, 0.15) is 39.2 Å². The normalized spacial score (nSPS) is 10.2. The molecule has 4 heterocycles. The first-order chi connectivity index (χ1) is 28.5. The van der Waals surface area contributed by atoms with Crippen LogP contribution in [0.4, 0.5) is 0 Å². The molecule has 16 nitrogen and oxygen atoms in total. The molecule has 0 saturated carbocycles. The summed E-state index contributed by atoms with van der Waals surface area (Å²) in [5, 5.41) is 38.9. The molecule has 8 rings (SSSR count). The molecule has 0 atom stereocenters. The van der Waals surface area contributed by atoms with Crippen LogP contribution in [0.25, 0.3) is 40.9 Å². The summed E-state index contributed by atoms with van der Waals surface area (Å²) < 4.78 is 26.4. The zero-order chi connectivity index (χ0) is 44.0. The number of nitrogens with zero attached hydrogens (tertiary/aromatic N) is 4. The van der Waals surface area contributed by atoms with Crippen LogP contribution >= 0.6 is 109 Å². The summed E-state index contributed by atoms with van der Waals surface area (Å²) in [4.78, 5) is 58.5. The molecule has 0 spiro atoms. The zero-order valence-corrected chi connectivity index (χ0v) is 48.4. The number of fused-ring (bicyclic) bond motifs is 4. The predicted octanol–water partition coefficient (Wildman–Crippen LogP) is 2.40. The van der Waals surface area contributed by atoms with Crippen LogP contribution in [0.15, 0.2) is 66.4 Å². The molecule has 0 unspecified atom stereocenters. The van der Waals surface area contributed by atoms with Crippen molar-refractivity contribution >= 4 is 174 Å². The Hall–Kier alpha value is -1.29. The Balaban J connectivity index is 0.000000218. The van der Waals surface area contributed by atoms with E-state index in [0.717, 1.165) is 77.6 Å². The first-order valence-corrected chi connectivity index (χ1v) is 22.4. The van der Waals surface area contributed by atoms with Crippen molar-refractivity contribution in [1.29, 1.82) is 0 Å². The van der Waals surface area contributed by atoms with Gasteiger partial charge in [0.1, 0.15) is 45.0 Å². The summed E-state index contributed by atoms with van der Waals surface area (Å²) in [7, 11) is 6.22. The monoisotopic (exact) mass is 1220 g/mol. The maximum Gasteiger partial charge on any atom is 1.00 e. The molecule has 0 fully saturated rings. The fourth-order valence-electron chi connectivity index (χ4n) is 4.73. The van der Waals surface area contributed by atoms with Gasteiger partial charge in [0, 0.05) is 12.1 Å². The fraction of sp³-hybridized carbons (Fsp3) is 0.111. The number of carbonyl (C=O) groups is 4. The van der Waals surface area contributed by atoms with E-state index in [1.54, 1.807) is 77.0 Å². The van der Waals surface area contributed by atoms with Crippen molar-refractivity contribution in [1.82, 2.24) is 19.9 Å². The average molecular weight is 1230 g/mol. The van der Waals surface area contributed by atoms with Gasteiger partial charge in [-0.05, 0) is 100 Å². The number of carboxylic acids is 4. The number of methoxy groups -OCH3 is 4. The first-order valence-electron chi connectivity index (χ1n) is 15.9. The average Bonchev–Trinajstić information content (AvgIpc) is 4.03. The minimum atomic E-state index is -1.26. The second kappa shape index (κ2) is 25.0. The first kappa shape index (κ1) is 55.0. The van der Waals surface area contributed by atoms with E-state index in [2.05, 4.69) is 83.7 Å². The molecule has 4 aromatic heterocycles. The molecule has 26 heteroatoms. The van der Waals surface area contributed by atoms with Crippen LogP contribution in [-0.4, -0.2) is 82.5 Å². The molecule has 62 heavy (non-hydrogen) atoms. The number of halogens is 4. The van der Waals surface area contributed by atoms with E-state index in [-0.39, 0.29) is 123 Å². The molecule has 0 radical (unpaired) electrons. The van der Waals surface area contributed by atoms with Crippen molar-refractivity contribution in [3.8, 4) is 23.0 Å². The van der Waals surface area contributed by atoms with Gasteiger partial charge in [0.05, 0.1) is 87.2 Å². The van der Waals surface area contributed by atoms with Gasteiger partial charge in [0.15, 0.2) is 0 Å². The van der Waals surface area contributed by atoms with Gasteiger partial charge >= 0.3 is 115 Å². The number of hydrogen-bond donors (Lipinski definition) is 2. The van der Waals surface area contributed by atoms with Crippen LogP contribution in [0, 0.1) is 0 Å². The Morgan fingerprint density at radius 2 is 0.823 bits per heavy atom. The van der Waals surface area contributed by atoms with Crippen LogP contribution in [0.3, 0.4) is 0 Å². The molecule has 312 valence electrons. The summed E-state index contributed by atoms with van der Waals surface area (Å²) in [6.07, 6.45) is 0. The summed E-state index contributed by atoms with van der Waals surface area (Å²) in [5.41, 5.74) is 2.55. The second-order valence-corrected chi connectivity index (χ2v) is 18.4. The van der Waals surface area contributed by atoms with Crippen molar-refractivity contribution in [2.24, 2.45) is 0 Å². The van der Waals surface area contributed by atoms with Gasteiger partial charge in [-0.1, -0.05) is 0 Å². The van der Waals surface area contributed by atoms with Crippen LogP contribution in [0.2, 0.25) is 0 Å². The molecule has 0 saturated heterocycles. The molecule has 0 bridgehead atoms. The number of aromatic nitrogens is 4. The zero-order valence-electron chi connectivity index (χ0n) is 32.5. The molecular weight excluding hydrogens is 1210 g/mol. The molecule has 0 aliphatic carbocycles. The number of ether oxygens (including phenoxy) is 4. The van der Waals surface area contributed by atoms with Crippen molar-refractivity contribution in [2.75, 3.05) is 28.4 Å². The van der Waals surface area contributed by atoms with Gasteiger partial charge in [0.25, 0.3) is 0 Å². The Morgan fingerprint density at radius 3 is 1.21 bits per heavy atom. The topological polar surface area (TPSA) is 243 Å². The molecular formula is C36H22Br4K2N4O12S4. The van der Waals surface area contributed by atoms with Gasteiger partial charge in [-0.15, -0.1) is 45.3 Å². The minimum absolute atomic E-state index is 0. The number of thiazole rings is 4. The van der Waals surface area contributed by atoms with Gasteiger partial charge in [-0.3, -0.25) is 0 Å². The van der Waals surface area contributed by atoms with Gasteiger partial charge in [-0.25, -0.2) is 29.5 Å². The summed E-state index contributed by atoms with van der Waals surface area (Å²) in [6.45, 7) is 0. The summed E-state index contributed by atoms with van der Waals surface area (Å²) >= 11 is 17.7. The molecule has 4 aromatic carbocycles. The smallest absolute Gasteiger partial charge is 0.542 e. The van der Waals surface area contributed by atoms with Crippen molar-refractivity contribution in [3.63, 3.8) is 0 Å². The Bertz CT molecular complexity index is 2740. The Labute approximate surface area is 484 Å². The molecule has 0 amide bonds. The maximum atomic E-state index is 10.7. The van der Waals surface area contributed by atoms with E-state index < -0.39 is 23.9 Å². The number of carboxylic acid groups (broad SMARTS) is 4. The van der Waals surface area contributed by atoms with E-state index in [0.29, 0.717) is 49.5 Å². The van der Waals surface area contributed by atoms with Crippen molar-refractivity contribution in [3.05, 3.63) is 86.5 Å². The molecule has 8 aromatic rings. The van der Waals surface area contributed by atoms with E-state index in [4.69, 9.17) is 29.2 Å². The third kappa shape index (κ3) is 13.4. The quantitative estimate of drug-likeness (QED) is 0.208. The third-order valence-electron chi connectivity index (χ3n) is 7.40. The van der Waals surface area contributed by atoms with Crippen molar-refractivity contribution < 1.29 is 161 Å². The SMILES string of the molecule is COc1cc2sc(C(=O)O)nc2cc1Br.COc1cc2sc(C(=O)[O-])nc2cc1Br.COc1ccc2nc(C(=O)O)sc2c1Br.COc1ccc2nc(C(=O)[O-])sc2c1Br.[K+].[K+]. The predicted molar refractivity (Wildman–Crippen MR) is 238 cm³/mol. The number of aromatic carboxylic acids is 4. The standard InChI is InChI=1S/4C9H6BrNO3S.2K/c2*1-14-6-3-7-5(2-4(6)10)11-8(15-7)9(12)13;2*1-14-5-3-2-4-7(6(5)10)15-8(11-4)9(12)13;;/h4*2-3H,1H3,(H,12,13);;/q;;;;2*+1/p-2. The molecule has 2 N–H and O–H groups in total. The summed E-state index contributed by atoms with van der Waals surface area (Å²) in [6, 6.07) is 13.9. The number of rotatable bonds is 8. The Morgan fingerprint density at radius 1 is 0.500 bits per heavy atom. The minimum Gasteiger partial charge on any atom is -0.542 e. The van der Waals surface area contributed by atoms with Crippen LogP contribution in [0.5, 0.6) is 23.0 Å². The van der Waals surface area contributed by atoms with Gasteiger partial charge in [0.2, 0.25) is 10.0 Å². The molecule has 0 aliphatic heterocycles. The largest absolute Gasteiger partial charge is 1.00 e. The van der Waals surface area contributed by atoms with Gasteiger partial charge < -0.3 is 49.0 Å². The van der Waals surface area contributed by atoms with Gasteiger partial charge in [-0.2, -0.15) is 0 Å². The van der Waals surface area contributed by atoms with E-state index >= 15 is 0 Å². The number of hydrogen-bond acceptors (Lipinski definition) is 18. The molecule has 0 aliphatic rings. The van der Waals surface area contributed by atoms with Crippen LogP contribution in [-0.2, 0) is 0 Å². The summed E-state index contributed by atoms with van der Waals surface area (Å²) in [5.74, 6) is -1.90. The van der Waals surface area contributed by atoms with Crippen molar-refractivity contribution in [2.45, 2.75) is 0 Å². The number of carbonyl (C=O) groups excluding carboxylic acids is 2.